The van der Waals surface area contributed by atoms with E-state index in [1.165, 1.54) is 5.56 Å². The highest BCUT2D eigenvalue weighted by atomic mass is 15.2. The molecule has 0 aliphatic rings. The van der Waals surface area contributed by atoms with Crippen LogP contribution in [0.25, 0.3) is 0 Å². The molecule has 0 saturated heterocycles. The predicted octanol–water partition coefficient (Wildman–Crippen LogP) is 2.98. The van der Waals surface area contributed by atoms with Crippen molar-refractivity contribution >= 4 is 5.82 Å². The van der Waals surface area contributed by atoms with Gasteiger partial charge in [0.1, 0.15) is 5.82 Å². The number of hydrogen-bond donors (Lipinski definition) is 1. The van der Waals surface area contributed by atoms with Gasteiger partial charge < -0.3 is 10.2 Å². The van der Waals surface area contributed by atoms with Gasteiger partial charge in [-0.3, -0.25) is 0 Å². The van der Waals surface area contributed by atoms with Crippen LogP contribution in [0.2, 0.25) is 0 Å². The lowest BCUT2D eigenvalue weighted by Gasteiger charge is -2.23. The Morgan fingerprint density at radius 3 is 2.44 bits per heavy atom. The average molecular weight is 249 g/mol. The summed E-state index contributed by atoms with van der Waals surface area (Å²) in [6.45, 7) is 12.8. The van der Waals surface area contributed by atoms with Gasteiger partial charge in [0.2, 0.25) is 0 Å². The lowest BCUT2D eigenvalue weighted by atomic mass is 10.2. The molecule has 1 rings (SSSR count). The summed E-state index contributed by atoms with van der Waals surface area (Å²) in [6, 6.07) is 4.81. The summed E-state index contributed by atoms with van der Waals surface area (Å²) in [4.78, 5) is 6.80. The quantitative estimate of drug-likeness (QED) is 0.840. The molecule has 0 aromatic carbocycles. The molecule has 1 N–H and O–H groups in total. The highest BCUT2D eigenvalue weighted by molar-refractivity contribution is 5.42. The van der Waals surface area contributed by atoms with Crippen LogP contribution in [0.15, 0.2) is 12.1 Å². The Morgan fingerprint density at radius 2 is 1.89 bits per heavy atom. The second-order valence-corrected chi connectivity index (χ2v) is 5.70. The molecule has 0 radical (unpaired) electrons. The van der Waals surface area contributed by atoms with Crippen LogP contribution in [-0.4, -0.2) is 24.6 Å². The number of anilines is 1. The molecule has 1 aromatic rings. The average Bonchev–Trinajstić information content (AvgIpc) is 2.26. The summed E-state index contributed by atoms with van der Waals surface area (Å²) in [7, 11) is 2.10. The van der Waals surface area contributed by atoms with E-state index in [1.807, 2.05) is 0 Å². The van der Waals surface area contributed by atoms with E-state index in [9.17, 15) is 0 Å². The van der Waals surface area contributed by atoms with Crippen LogP contribution in [0.1, 0.15) is 39.0 Å². The Balaban J connectivity index is 2.74. The predicted molar refractivity (Wildman–Crippen MR) is 79.1 cm³/mol. The van der Waals surface area contributed by atoms with Crippen molar-refractivity contribution in [2.45, 2.75) is 47.2 Å². The van der Waals surface area contributed by atoms with Gasteiger partial charge in [-0.2, -0.15) is 0 Å². The molecule has 3 nitrogen and oxygen atoms in total. The Hall–Kier alpha value is -1.09. The fourth-order valence-electron chi connectivity index (χ4n) is 1.77. The van der Waals surface area contributed by atoms with Crippen molar-refractivity contribution in [3.63, 3.8) is 0 Å². The molecule has 0 bridgehead atoms. The fourth-order valence-corrected chi connectivity index (χ4v) is 1.77. The molecule has 0 fully saturated rings. The van der Waals surface area contributed by atoms with Gasteiger partial charge in [-0.15, -0.1) is 0 Å². The van der Waals surface area contributed by atoms with Gasteiger partial charge in [0.05, 0.1) is 0 Å². The zero-order chi connectivity index (χ0) is 13.7. The van der Waals surface area contributed by atoms with Gasteiger partial charge in [0.15, 0.2) is 0 Å². The summed E-state index contributed by atoms with van der Waals surface area (Å²) < 4.78 is 0. The van der Waals surface area contributed by atoms with Gasteiger partial charge in [0.25, 0.3) is 0 Å². The molecule has 0 saturated carbocycles. The monoisotopic (exact) mass is 249 g/mol. The molecule has 102 valence electrons. The zero-order valence-corrected chi connectivity index (χ0v) is 12.6. The summed E-state index contributed by atoms with van der Waals surface area (Å²) in [6.07, 6.45) is 0. The summed E-state index contributed by atoms with van der Waals surface area (Å²) in [5.41, 5.74) is 2.40. The third-order valence-corrected chi connectivity index (χ3v) is 3.02. The van der Waals surface area contributed by atoms with Crippen LogP contribution in [0.4, 0.5) is 5.82 Å². The Kier molecular flexibility index (Phi) is 5.60. The molecule has 1 aromatic heterocycles. The first-order valence-electron chi connectivity index (χ1n) is 6.81. The molecule has 1 heterocycles. The van der Waals surface area contributed by atoms with E-state index in [0.717, 1.165) is 24.6 Å². The topological polar surface area (TPSA) is 28.2 Å². The SMILES string of the molecule is Cc1cc(CNCC(C)C)cc(N(C)C(C)C)n1. The summed E-state index contributed by atoms with van der Waals surface area (Å²) in [5, 5.41) is 3.48. The second kappa shape index (κ2) is 6.74. The van der Waals surface area contributed by atoms with Crippen LogP contribution in [-0.2, 0) is 6.54 Å². The van der Waals surface area contributed by atoms with Crippen LogP contribution < -0.4 is 10.2 Å². The van der Waals surface area contributed by atoms with Crippen LogP contribution in [0, 0.1) is 12.8 Å². The molecular formula is C15H27N3. The third-order valence-electron chi connectivity index (χ3n) is 3.02. The number of pyridine rings is 1. The van der Waals surface area contributed by atoms with E-state index < -0.39 is 0 Å². The smallest absolute Gasteiger partial charge is 0.129 e. The second-order valence-electron chi connectivity index (χ2n) is 5.70. The largest absolute Gasteiger partial charge is 0.357 e. The normalized spacial score (nSPS) is 11.3. The maximum Gasteiger partial charge on any atom is 0.129 e. The summed E-state index contributed by atoms with van der Waals surface area (Å²) >= 11 is 0. The molecule has 0 spiro atoms. The highest BCUT2D eigenvalue weighted by Gasteiger charge is 2.08. The Labute approximate surface area is 112 Å². The third kappa shape index (κ3) is 4.65. The molecule has 0 aliphatic carbocycles. The number of nitrogens with one attached hydrogen (secondary N) is 1. The standard InChI is InChI=1S/C15H27N3/c1-11(2)9-16-10-14-7-13(5)17-15(8-14)18(6)12(3)4/h7-8,11-12,16H,9-10H2,1-6H3. The van der Waals surface area contributed by atoms with Crippen LogP contribution in [0.3, 0.4) is 0 Å². The van der Waals surface area contributed by atoms with Crippen molar-refractivity contribution in [1.82, 2.24) is 10.3 Å². The zero-order valence-electron chi connectivity index (χ0n) is 12.6. The molecule has 3 heteroatoms. The van der Waals surface area contributed by atoms with E-state index in [4.69, 9.17) is 0 Å². The minimum atomic E-state index is 0.468. The van der Waals surface area contributed by atoms with Crippen molar-refractivity contribution in [3.8, 4) is 0 Å². The molecule has 0 atom stereocenters. The first-order chi connectivity index (χ1) is 8.40. The first kappa shape index (κ1) is 15.0. The molecule has 0 amide bonds. The van der Waals surface area contributed by atoms with Gasteiger partial charge in [0, 0.05) is 25.3 Å². The number of rotatable bonds is 6. The van der Waals surface area contributed by atoms with Gasteiger partial charge >= 0.3 is 0 Å². The summed E-state index contributed by atoms with van der Waals surface area (Å²) in [5.74, 6) is 1.75. The Morgan fingerprint density at radius 1 is 1.22 bits per heavy atom. The van der Waals surface area contributed by atoms with Gasteiger partial charge in [-0.05, 0) is 50.9 Å². The van der Waals surface area contributed by atoms with Gasteiger partial charge in [-0.1, -0.05) is 13.8 Å². The number of hydrogen-bond acceptors (Lipinski definition) is 3. The van der Waals surface area contributed by atoms with Crippen molar-refractivity contribution < 1.29 is 0 Å². The van der Waals surface area contributed by atoms with E-state index >= 15 is 0 Å². The molecule has 0 aliphatic heterocycles. The van der Waals surface area contributed by atoms with E-state index in [0.29, 0.717) is 12.0 Å². The Bertz CT molecular complexity index is 372. The lowest BCUT2D eigenvalue weighted by molar-refractivity contribution is 0.552. The van der Waals surface area contributed by atoms with Crippen molar-refractivity contribution in [2.24, 2.45) is 5.92 Å². The maximum atomic E-state index is 4.60. The van der Waals surface area contributed by atoms with Crippen LogP contribution >= 0.6 is 0 Å². The fraction of sp³-hybridized carbons (Fsp3) is 0.667. The molecule has 0 unspecified atom stereocenters. The van der Waals surface area contributed by atoms with Crippen molar-refractivity contribution in [3.05, 3.63) is 23.4 Å². The number of aromatic nitrogens is 1. The lowest BCUT2D eigenvalue weighted by Crippen LogP contribution is -2.27. The van der Waals surface area contributed by atoms with E-state index in [1.54, 1.807) is 0 Å². The minimum Gasteiger partial charge on any atom is -0.357 e. The van der Waals surface area contributed by atoms with E-state index in [2.05, 4.69) is 69.0 Å². The highest BCUT2D eigenvalue weighted by Crippen LogP contribution is 2.15. The molecular weight excluding hydrogens is 222 g/mol. The minimum absolute atomic E-state index is 0.468. The van der Waals surface area contributed by atoms with Crippen LogP contribution in [0.5, 0.6) is 0 Å². The molecule has 18 heavy (non-hydrogen) atoms. The van der Waals surface area contributed by atoms with Crippen molar-refractivity contribution in [2.75, 3.05) is 18.5 Å². The first-order valence-corrected chi connectivity index (χ1v) is 6.81. The number of nitrogens with zero attached hydrogens (tertiary/aromatic N) is 2. The maximum absolute atomic E-state index is 4.60. The van der Waals surface area contributed by atoms with Crippen molar-refractivity contribution in [1.29, 1.82) is 0 Å². The number of aryl methyl sites for hydroxylation is 1. The van der Waals surface area contributed by atoms with E-state index in [-0.39, 0.29) is 0 Å². The van der Waals surface area contributed by atoms with Gasteiger partial charge in [-0.25, -0.2) is 4.98 Å².